The normalized spacial score (nSPS) is 23.6. The molecule has 3 unspecified atom stereocenters. The van der Waals surface area contributed by atoms with Crippen molar-refractivity contribution in [1.82, 2.24) is 10.6 Å². The van der Waals surface area contributed by atoms with Crippen LogP contribution in [0.25, 0.3) is 0 Å². The molecule has 5 nitrogen and oxygen atoms in total. The van der Waals surface area contributed by atoms with Crippen molar-refractivity contribution in [2.45, 2.75) is 65.3 Å². The molecule has 0 heterocycles. The van der Waals surface area contributed by atoms with E-state index in [-0.39, 0.29) is 24.4 Å². The average molecular weight is 298 g/mol. The summed E-state index contributed by atoms with van der Waals surface area (Å²) in [7, 11) is 0. The summed E-state index contributed by atoms with van der Waals surface area (Å²) in [4.78, 5) is 22.8. The van der Waals surface area contributed by atoms with E-state index in [1.807, 2.05) is 0 Å². The molecule has 2 amide bonds. The van der Waals surface area contributed by atoms with E-state index >= 15 is 0 Å². The minimum atomic E-state index is -0.802. The third-order valence-corrected chi connectivity index (χ3v) is 4.09. The molecule has 1 saturated carbocycles. The van der Waals surface area contributed by atoms with E-state index in [9.17, 15) is 9.59 Å². The van der Waals surface area contributed by atoms with Crippen LogP contribution in [0.4, 0.5) is 4.79 Å². The topological polar surface area (TPSA) is 78.4 Å². The second-order valence-electron chi connectivity index (χ2n) is 6.92. The Morgan fingerprint density at radius 2 is 2.00 bits per heavy atom. The molecule has 1 rings (SSSR count). The van der Waals surface area contributed by atoms with Gasteiger partial charge in [0, 0.05) is 19.0 Å². The summed E-state index contributed by atoms with van der Waals surface area (Å²) in [5.74, 6) is 0.297. The molecular weight excluding hydrogens is 268 g/mol. The fourth-order valence-corrected chi connectivity index (χ4v) is 3.19. The highest BCUT2D eigenvalue weighted by molar-refractivity contribution is 5.74. The summed E-state index contributed by atoms with van der Waals surface area (Å²) in [5, 5.41) is 14.8. The number of rotatable bonds is 7. The van der Waals surface area contributed by atoms with Crippen LogP contribution in [0.15, 0.2) is 0 Å². The molecular formula is C16H30N2O3. The molecule has 0 aromatic rings. The molecule has 1 fully saturated rings. The van der Waals surface area contributed by atoms with Crippen LogP contribution < -0.4 is 10.6 Å². The Bertz CT molecular complexity index is 344. The third kappa shape index (κ3) is 7.93. The van der Waals surface area contributed by atoms with Crippen LogP contribution in [0.2, 0.25) is 0 Å². The van der Waals surface area contributed by atoms with Gasteiger partial charge in [-0.05, 0) is 37.0 Å². The monoisotopic (exact) mass is 298 g/mol. The van der Waals surface area contributed by atoms with Gasteiger partial charge in [-0.15, -0.1) is 0 Å². The highest BCUT2D eigenvalue weighted by Gasteiger charge is 2.21. The Hall–Kier alpha value is -1.26. The van der Waals surface area contributed by atoms with Gasteiger partial charge < -0.3 is 15.7 Å². The summed E-state index contributed by atoms with van der Waals surface area (Å²) in [6.45, 7) is 6.78. The largest absolute Gasteiger partial charge is 0.481 e. The average Bonchev–Trinajstić information content (AvgIpc) is 2.34. The van der Waals surface area contributed by atoms with E-state index in [4.69, 9.17) is 5.11 Å². The SMILES string of the molecule is CC(C)CC(CNC(=O)NC1CCCC(C)C1)CC(=O)O. The third-order valence-electron chi connectivity index (χ3n) is 4.09. The molecule has 0 bridgehead atoms. The summed E-state index contributed by atoms with van der Waals surface area (Å²) in [6.07, 6.45) is 5.42. The van der Waals surface area contributed by atoms with E-state index in [1.54, 1.807) is 0 Å². The van der Waals surface area contributed by atoms with E-state index in [1.165, 1.54) is 12.8 Å². The first-order valence-corrected chi connectivity index (χ1v) is 8.13. The summed E-state index contributed by atoms with van der Waals surface area (Å²) in [6, 6.07) is 0.102. The van der Waals surface area contributed by atoms with Crippen molar-refractivity contribution in [3.8, 4) is 0 Å². The number of carbonyl (C=O) groups excluding carboxylic acids is 1. The lowest BCUT2D eigenvalue weighted by Gasteiger charge is -2.28. The van der Waals surface area contributed by atoms with E-state index in [2.05, 4.69) is 31.4 Å². The number of carboxylic acid groups (broad SMARTS) is 1. The van der Waals surface area contributed by atoms with E-state index in [0.717, 1.165) is 19.3 Å². The molecule has 1 aliphatic carbocycles. The lowest BCUT2D eigenvalue weighted by Crippen LogP contribution is -2.45. The predicted octanol–water partition coefficient (Wildman–Crippen LogP) is 3.00. The molecule has 0 spiro atoms. The Morgan fingerprint density at radius 1 is 1.29 bits per heavy atom. The maximum absolute atomic E-state index is 11.9. The molecule has 3 N–H and O–H groups in total. The van der Waals surface area contributed by atoms with Crippen LogP contribution in [-0.4, -0.2) is 29.7 Å². The zero-order chi connectivity index (χ0) is 15.8. The fraction of sp³-hybridized carbons (Fsp3) is 0.875. The number of hydrogen-bond acceptors (Lipinski definition) is 2. The number of carbonyl (C=O) groups is 2. The molecule has 0 radical (unpaired) electrons. The summed E-state index contributed by atoms with van der Waals surface area (Å²) < 4.78 is 0. The molecule has 5 heteroatoms. The Kier molecular flexibility index (Phi) is 7.54. The van der Waals surface area contributed by atoms with Crippen LogP contribution in [0, 0.1) is 17.8 Å². The minimum absolute atomic E-state index is 0.00136. The van der Waals surface area contributed by atoms with Gasteiger partial charge in [-0.2, -0.15) is 0 Å². The highest BCUT2D eigenvalue weighted by Crippen LogP contribution is 2.23. The van der Waals surface area contributed by atoms with Crippen molar-refractivity contribution < 1.29 is 14.7 Å². The molecule has 0 saturated heterocycles. The van der Waals surface area contributed by atoms with Gasteiger partial charge in [0.15, 0.2) is 0 Å². The first-order chi connectivity index (χ1) is 9.86. The number of aliphatic carboxylic acids is 1. The van der Waals surface area contributed by atoms with Crippen molar-refractivity contribution in [2.24, 2.45) is 17.8 Å². The maximum atomic E-state index is 11.9. The molecule has 0 aliphatic heterocycles. The van der Waals surface area contributed by atoms with Crippen molar-refractivity contribution in [1.29, 1.82) is 0 Å². The van der Waals surface area contributed by atoms with Crippen LogP contribution in [-0.2, 0) is 4.79 Å². The zero-order valence-corrected chi connectivity index (χ0v) is 13.5. The smallest absolute Gasteiger partial charge is 0.315 e. The first-order valence-electron chi connectivity index (χ1n) is 8.13. The van der Waals surface area contributed by atoms with Gasteiger partial charge >= 0.3 is 12.0 Å². The van der Waals surface area contributed by atoms with Crippen molar-refractivity contribution in [2.75, 3.05) is 6.54 Å². The number of hydrogen-bond donors (Lipinski definition) is 3. The van der Waals surface area contributed by atoms with Crippen molar-refractivity contribution in [3.63, 3.8) is 0 Å². The Morgan fingerprint density at radius 3 is 2.57 bits per heavy atom. The molecule has 3 atom stereocenters. The van der Waals surface area contributed by atoms with E-state index in [0.29, 0.717) is 18.4 Å². The van der Waals surface area contributed by atoms with Crippen molar-refractivity contribution in [3.05, 3.63) is 0 Å². The summed E-state index contributed by atoms with van der Waals surface area (Å²) in [5.41, 5.74) is 0. The second-order valence-corrected chi connectivity index (χ2v) is 6.92. The van der Waals surface area contributed by atoms with E-state index < -0.39 is 5.97 Å². The van der Waals surface area contributed by atoms with Gasteiger partial charge in [0.1, 0.15) is 0 Å². The van der Waals surface area contributed by atoms with Crippen LogP contribution in [0.1, 0.15) is 59.3 Å². The molecule has 0 aromatic carbocycles. The summed E-state index contributed by atoms with van der Waals surface area (Å²) >= 11 is 0. The maximum Gasteiger partial charge on any atom is 0.315 e. The van der Waals surface area contributed by atoms with Gasteiger partial charge in [-0.3, -0.25) is 4.79 Å². The van der Waals surface area contributed by atoms with Crippen LogP contribution >= 0.6 is 0 Å². The minimum Gasteiger partial charge on any atom is -0.481 e. The number of amides is 2. The van der Waals surface area contributed by atoms with Gasteiger partial charge in [0.25, 0.3) is 0 Å². The Labute approximate surface area is 127 Å². The molecule has 0 aromatic heterocycles. The Balaban J connectivity index is 2.32. The second kappa shape index (κ2) is 8.90. The zero-order valence-electron chi connectivity index (χ0n) is 13.5. The number of urea groups is 1. The van der Waals surface area contributed by atoms with Gasteiger partial charge in [0.05, 0.1) is 0 Å². The quantitative estimate of drug-likeness (QED) is 0.676. The lowest BCUT2D eigenvalue weighted by atomic mass is 9.87. The van der Waals surface area contributed by atoms with Crippen LogP contribution in [0.3, 0.4) is 0 Å². The number of carboxylic acids is 1. The number of nitrogens with one attached hydrogen (secondary N) is 2. The van der Waals surface area contributed by atoms with Gasteiger partial charge in [-0.25, -0.2) is 4.79 Å². The molecule has 1 aliphatic rings. The lowest BCUT2D eigenvalue weighted by molar-refractivity contribution is -0.138. The van der Waals surface area contributed by atoms with Gasteiger partial charge in [-0.1, -0.05) is 33.6 Å². The fourth-order valence-electron chi connectivity index (χ4n) is 3.19. The van der Waals surface area contributed by atoms with Gasteiger partial charge in [0.2, 0.25) is 0 Å². The predicted molar refractivity (Wildman–Crippen MR) is 83.2 cm³/mol. The van der Waals surface area contributed by atoms with Crippen molar-refractivity contribution >= 4 is 12.0 Å². The molecule has 122 valence electrons. The molecule has 21 heavy (non-hydrogen) atoms. The first kappa shape index (κ1) is 17.8. The highest BCUT2D eigenvalue weighted by atomic mass is 16.4. The van der Waals surface area contributed by atoms with Crippen LogP contribution in [0.5, 0.6) is 0 Å². The standard InChI is InChI=1S/C16H30N2O3/c1-11(2)7-13(9-15(19)20)10-17-16(21)18-14-6-4-5-12(3)8-14/h11-14H,4-10H2,1-3H3,(H,19,20)(H2,17,18,21).